The van der Waals surface area contributed by atoms with Gasteiger partial charge in [0.1, 0.15) is 31.4 Å². The van der Waals surface area contributed by atoms with E-state index < -0.39 is 24.1 Å². The molecule has 3 rings (SSSR count). The van der Waals surface area contributed by atoms with Gasteiger partial charge in [-0.3, -0.25) is 19.2 Å². The summed E-state index contributed by atoms with van der Waals surface area (Å²) >= 11 is 0. The Balaban J connectivity index is 1.76. The number of carbonyl (C=O) groups excluding carboxylic acids is 4. The molecule has 0 bridgehead atoms. The Morgan fingerprint density at radius 1 is 1.32 bits per heavy atom. The number of aromatic nitrogens is 1. The smallest absolute Gasteiger partial charge is 0.308 e. The molecule has 2 aliphatic rings. The number of esters is 2. The molecule has 2 aliphatic carbocycles. The van der Waals surface area contributed by atoms with Crippen LogP contribution >= 0.6 is 0 Å². The molecule has 41 heavy (non-hydrogen) atoms. The fourth-order valence-electron chi connectivity index (χ4n) is 5.23. The van der Waals surface area contributed by atoms with Crippen LogP contribution < -0.4 is 0 Å². The summed E-state index contributed by atoms with van der Waals surface area (Å²) in [6.07, 6.45) is 5.82. The molecule has 1 heterocycles. The van der Waals surface area contributed by atoms with Crippen molar-refractivity contribution in [2.45, 2.75) is 84.5 Å². The molecule has 1 aromatic rings. The van der Waals surface area contributed by atoms with Gasteiger partial charge in [-0.05, 0) is 43.3 Å². The van der Waals surface area contributed by atoms with E-state index in [9.17, 15) is 24.3 Å². The van der Waals surface area contributed by atoms with Crippen molar-refractivity contribution in [2.75, 3.05) is 6.61 Å². The molecule has 6 unspecified atom stereocenters. The second-order valence-electron chi connectivity index (χ2n) is 10.8. The van der Waals surface area contributed by atoms with Crippen molar-refractivity contribution in [1.82, 2.24) is 5.16 Å². The van der Waals surface area contributed by atoms with Gasteiger partial charge in [-0.2, -0.15) is 0 Å². The van der Waals surface area contributed by atoms with E-state index in [-0.39, 0.29) is 67.8 Å². The third-order valence-electron chi connectivity index (χ3n) is 7.76. The molecule has 1 N–H and O–H groups in total. The average molecular weight is 573 g/mol. The van der Waals surface area contributed by atoms with Crippen LogP contribution in [0.4, 0.5) is 0 Å². The summed E-state index contributed by atoms with van der Waals surface area (Å²) in [5.74, 6) is -2.60. The highest BCUT2D eigenvalue weighted by Crippen LogP contribution is 2.44. The Hall–Kier alpha value is -3.60. The van der Waals surface area contributed by atoms with Gasteiger partial charge in [0.25, 0.3) is 0 Å². The second-order valence-corrected chi connectivity index (χ2v) is 10.8. The first kappa shape index (κ1) is 31.9. The van der Waals surface area contributed by atoms with Gasteiger partial charge in [0.15, 0.2) is 5.78 Å². The van der Waals surface area contributed by atoms with E-state index in [0.717, 1.165) is 0 Å². The first-order valence-corrected chi connectivity index (χ1v) is 14.1. The lowest BCUT2D eigenvalue weighted by Crippen LogP contribution is -2.46. The number of ketones is 2. The molecular weight excluding hydrogens is 532 g/mol. The zero-order valence-electron chi connectivity index (χ0n) is 24.0. The Bertz CT molecular complexity index is 1140. The van der Waals surface area contributed by atoms with E-state index in [2.05, 4.69) is 16.9 Å². The Labute approximate surface area is 239 Å². The number of aliphatic hydroxyl groups is 1. The maximum Gasteiger partial charge on any atom is 0.308 e. The van der Waals surface area contributed by atoms with Crippen LogP contribution in [-0.2, 0) is 40.1 Å². The summed E-state index contributed by atoms with van der Waals surface area (Å²) in [5.41, 5.74) is 1.97. The number of hydrogen-bond acceptors (Lipinski definition) is 11. The Morgan fingerprint density at radius 3 is 2.78 bits per heavy atom. The summed E-state index contributed by atoms with van der Waals surface area (Å²) in [7, 11) is 0. The summed E-state index contributed by atoms with van der Waals surface area (Å²) in [6, 6.07) is 0. The zero-order valence-corrected chi connectivity index (χ0v) is 24.0. The van der Waals surface area contributed by atoms with Crippen LogP contribution in [0.1, 0.15) is 71.3 Å². The van der Waals surface area contributed by atoms with Gasteiger partial charge >= 0.3 is 11.9 Å². The molecule has 0 spiro atoms. The molecule has 1 aromatic heterocycles. The monoisotopic (exact) mass is 572 g/mol. The van der Waals surface area contributed by atoms with Crippen LogP contribution in [-0.4, -0.2) is 58.3 Å². The topological polar surface area (TPSA) is 155 Å². The van der Waals surface area contributed by atoms with E-state index >= 15 is 0 Å². The van der Waals surface area contributed by atoms with E-state index in [1.165, 1.54) is 18.5 Å². The summed E-state index contributed by atoms with van der Waals surface area (Å²) in [6.45, 7) is 9.18. The molecule has 0 saturated heterocycles. The van der Waals surface area contributed by atoms with E-state index in [1.54, 1.807) is 6.08 Å². The molecule has 0 amide bonds. The van der Waals surface area contributed by atoms with Gasteiger partial charge < -0.3 is 23.9 Å². The molecular formula is C30H40N2O9. The zero-order chi connectivity index (χ0) is 29.9. The molecule has 1 fully saturated rings. The Kier molecular flexibility index (Phi) is 12.0. The van der Waals surface area contributed by atoms with Gasteiger partial charge in [-0.15, -0.1) is 0 Å². The number of Topliss-reactive ketones (excluding diaryl/α,β-unsaturated/α-hetero) is 1. The number of allylic oxidation sites excluding steroid dienone is 1. The Morgan fingerprint density at radius 2 is 2.10 bits per heavy atom. The minimum absolute atomic E-state index is 0.0317. The molecule has 6 atom stereocenters. The van der Waals surface area contributed by atoms with Crippen molar-refractivity contribution < 1.29 is 43.1 Å². The maximum absolute atomic E-state index is 13.1. The summed E-state index contributed by atoms with van der Waals surface area (Å²) in [4.78, 5) is 55.9. The predicted octanol–water partition coefficient (Wildman–Crippen LogP) is 3.90. The first-order chi connectivity index (χ1) is 19.6. The highest BCUT2D eigenvalue weighted by Gasteiger charge is 2.46. The lowest BCUT2D eigenvalue weighted by Gasteiger charge is -2.43. The van der Waals surface area contributed by atoms with Crippen molar-refractivity contribution >= 4 is 29.2 Å². The predicted molar refractivity (Wildman–Crippen MR) is 147 cm³/mol. The number of rotatable bonds is 15. The van der Waals surface area contributed by atoms with E-state index in [4.69, 9.17) is 18.8 Å². The van der Waals surface area contributed by atoms with Crippen LogP contribution in [0.3, 0.4) is 0 Å². The van der Waals surface area contributed by atoms with Crippen molar-refractivity contribution in [3.8, 4) is 0 Å². The number of hydrogen-bond donors (Lipinski definition) is 1. The van der Waals surface area contributed by atoms with Crippen molar-refractivity contribution in [1.29, 1.82) is 0 Å². The molecule has 0 aromatic carbocycles. The molecule has 1 saturated carbocycles. The van der Waals surface area contributed by atoms with Crippen molar-refractivity contribution in [3.63, 3.8) is 0 Å². The largest absolute Gasteiger partial charge is 0.461 e. The fraction of sp³-hybridized carbons (Fsp3) is 0.600. The highest BCUT2D eigenvalue weighted by atomic mass is 16.6. The minimum atomic E-state index is -1.17. The van der Waals surface area contributed by atoms with E-state index in [1.807, 2.05) is 20.8 Å². The molecule has 0 radical (unpaired) electrons. The quantitative estimate of drug-likeness (QED) is 0.186. The standard InChI is InChI=1S/C30H40N2O9/c1-5-11-38-28(36)13-22(34)12-21(33)7-8-23-19(4)26(35)14-24-25(32-40-17-20-15-31-39-16-20)9-10-27(29(23)24)41-30(37)18(3)6-2/h5,14-16,18-19,22-23,27,29,34H,1,6-13,17H2,2-4H3/b32-25+. The number of aliphatic hydroxyl groups excluding tert-OH is 1. The number of oxime groups is 1. The van der Waals surface area contributed by atoms with Gasteiger partial charge in [0.2, 0.25) is 0 Å². The normalized spacial score (nSPS) is 24.5. The van der Waals surface area contributed by atoms with Gasteiger partial charge in [0, 0.05) is 24.7 Å². The summed E-state index contributed by atoms with van der Waals surface area (Å²) in [5, 5.41) is 18.2. The second kappa shape index (κ2) is 15.4. The SMILES string of the molecule is C=CCOC(=O)CC(O)CC(=O)CCC1C(C)C(=O)C=C2/C(=N/OCc3cnoc3)CCC(OC(=O)C(C)CC)C21. The molecule has 11 nitrogen and oxygen atoms in total. The van der Waals surface area contributed by atoms with Crippen molar-refractivity contribution in [2.24, 2.45) is 28.8 Å². The number of nitrogens with zero attached hydrogens (tertiary/aromatic N) is 2. The van der Waals surface area contributed by atoms with Crippen LogP contribution in [0, 0.1) is 23.7 Å². The lowest BCUT2D eigenvalue weighted by atomic mass is 9.63. The minimum Gasteiger partial charge on any atom is -0.461 e. The molecule has 0 aliphatic heterocycles. The number of ether oxygens (including phenoxy) is 2. The van der Waals surface area contributed by atoms with Crippen LogP contribution in [0.2, 0.25) is 0 Å². The fourth-order valence-corrected chi connectivity index (χ4v) is 5.23. The van der Waals surface area contributed by atoms with Gasteiger partial charge in [0.05, 0.1) is 35.9 Å². The van der Waals surface area contributed by atoms with Crippen molar-refractivity contribution in [3.05, 3.63) is 42.3 Å². The van der Waals surface area contributed by atoms with Gasteiger partial charge in [-0.25, -0.2) is 0 Å². The number of carbonyl (C=O) groups is 4. The molecule has 11 heteroatoms. The number of fused-ring (bicyclic) bond motifs is 1. The molecule has 224 valence electrons. The summed E-state index contributed by atoms with van der Waals surface area (Å²) < 4.78 is 15.7. The highest BCUT2D eigenvalue weighted by molar-refractivity contribution is 6.08. The third kappa shape index (κ3) is 8.94. The van der Waals surface area contributed by atoms with Crippen LogP contribution in [0.15, 0.2) is 46.4 Å². The maximum atomic E-state index is 13.1. The first-order valence-electron chi connectivity index (χ1n) is 14.1. The lowest BCUT2D eigenvalue weighted by molar-refractivity contribution is -0.158. The van der Waals surface area contributed by atoms with Crippen LogP contribution in [0.5, 0.6) is 0 Å². The van der Waals surface area contributed by atoms with Crippen LogP contribution in [0.25, 0.3) is 0 Å². The third-order valence-corrected chi connectivity index (χ3v) is 7.76. The van der Waals surface area contributed by atoms with E-state index in [0.29, 0.717) is 42.5 Å². The average Bonchev–Trinajstić information content (AvgIpc) is 3.46. The van der Waals surface area contributed by atoms with Gasteiger partial charge in [-0.1, -0.05) is 43.7 Å².